The molecule has 0 aromatic heterocycles. The summed E-state index contributed by atoms with van der Waals surface area (Å²) in [5, 5.41) is 0. The summed E-state index contributed by atoms with van der Waals surface area (Å²) < 4.78 is 0. The van der Waals surface area contributed by atoms with E-state index in [9.17, 15) is 19.2 Å². The second kappa shape index (κ2) is 15.1. The maximum atomic E-state index is 11.6. The molecule has 0 aliphatic carbocycles. The number of ketones is 4. The van der Waals surface area contributed by atoms with Gasteiger partial charge in [-0.3, -0.25) is 19.2 Å². The zero-order valence-electron chi connectivity index (χ0n) is 20.4. The van der Waals surface area contributed by atoms with Gasteiger partial charge in [0.2, 0.25) is 23.1 Å². The average Bonchev–Trinajstić information content (AvgIpc) is 2.60. The van der Waals surface area contributed by atoms with Gasteiger partial charge in [-0.1, -0.05) is 94.9 Å². The molecular weight excluding hydrogens is 408 g/mol. The van der Waals surface area contributed by atoms with Crippen molar-refractivity contribution in [2.45, 2.75) is 108 Å². The Morgan fingerprint density at radius 3 is 1.03 bits per heavy atom. The Morgan fingerprint density at radius 2 is 0.862 bits per heavy atom. The number of hydrogen-bond acceptors (Lipinski definition) is 4. The van der Waals surface area contributed by atoms with Crippen LogP contribution in [0.5, 0.6) is 0 Å². The molecule has 5 heteroatoms. The van der Waals surface area contributed by atoms with Gasteiger partial charge in [0.05, 0.1) is 0 Å². The normalized spacial score (nSPS) is 13.3. The predicted octanol–water partition coefficient (Wildman–Crippen LogP) is 5.99. The van der Waals surface area contributed by atoms with Crippen LogP contribution < -0.4 is 0 Å². The Kier molecular flexibility index (Phi) is 17.1. The van der Waals surface area contributed by atoms with E-state index in [1.54, 1.807) is 41.5 Å². The molecule has 0 N–H and O–H groups in total. The topological polar surface area (TPSA) is 68.3 Å². The summed E-state index contributed by atoms with van der Waals surface area (Å²) in [4.78, 5) is 46.5. The maximum Gasteiger partial charge on any atom is 0.203 e. The summed E-state index contributed by atoms with van der Waals surface area (Å²) in [6.07, 6.45) is 5.84. The van der Waals surface area contributed by atoms with Crippen LogP contribution in [0.3, 0.4) is 0 Å². The Balaban J connectivity index is -0.000000451. The zero-order valence-corrected chi connectivity index (χ0v) is 21.5. The number of carbonyl (C=O) groups excluding carboxylic acids is 4. The predicted molar refractivity (Wildman–Crippen MR) is 116 cm³/mol. The van der Waals surface area contributed by atoms with Crippen molar-refractivity contribution in [3.05, 3.63) is 0 Å². The monoisotopic (exact) mass is 452 g/mol. The molecule has 0 heterocycles. The fourth-order valence-corrected chi connectivity index (χ4v) is 2.47. The largest absolute Gasteiger partial charge is 0.291 e. The second-order valence-electron chi connectivity index (χ2n) is 9.97. The van der Waals surface area contributed by atoms with Gasteiger partial charge < -0.3 is 0 Å². The summed E-state index contributed by atoms with van der Waals surface area (Å²) in [7, 11) is 0. The molecule has 0 saturated carbocycles. The average molecular weight is 452 g/mol. The van der Waals surface area contributed by atoms with Crippen molar-refractivity contribution in [2.24, 2.45) is 22.7 Å². The number of Topliss-reactive ketones (excluding diaryl/α,β-unsaturated/α-hetero) is 4. The Labute approximate surface area is 189 Å². The van der Waals surface area contributed by atoms with Gasteiger partial charge in [-0.2, -0.15) is 0 Å². The van der Waals surface area contributed by atoms with Crippen LogP contribution in [-0.4, -0.2) is 23.1 Å². The van der Waals surface area contributed by atoms with Crippen molar-refractivity contribution in [3.63, 3.8) is 0 Å². The van der Waals surface area contributed by atoms with Crippen molar-refractivity contribution in [1.29, 1.82) is 0 Å². The van der Waals surface area contributed by atoms with Crippen LogP contribution in [0.1, 0.15) is 108 Å². The van der Waals surface area contributed by atoms with Crippen LogP contribution in [0.4, 0.5) is 0 Å². The third-order valence-electron chi connectivity index (χ3n) is 4.69. The van der Waals surface area contributed by atoms with E-state index in [0.29, 0.717) is 0 Å². The van der Waals surface area contributed by atoms with E-state index in [1.807, 2.05) is 13.8 Å². The molecule has 0 aliphatic rings. The first-order chi connectivity index (χ1) is 12.6. The van der Waals surface area contributed by atoms with E-state index in [1.165, 1.54) is 0 Å². The molecule has 0 saturated heterocycles. The van der Waals surface area contributed by atoms with Crippen LogP contribution in [-0.2, 0) is 36.2 Å². The Hall–Kier alpha value is -0.801. The minimum absolute atomic E-state index is 0. The van der Waals surface area contributed by atoms with Crippen molar-refractivity contribution >= 4 is 23.1 Å². The van der Waals surface area contributed by atoms with Gasteiger partial charge in [0.1, 0.15) is 0 Å². The van der Waals surface area contributed by atoms with Crippen molar-refractivity contribution in [3.8, 4) is 0 Å². The molecule has 0 aromatic carbocycles. The Morgan fingerprint density at radius 1 is 0.621 bits per heavy atom. The van der Waals surface area contributed by atoms with Gasteiger partial charge in [0.25, 0.3) is 0 Å². The van der Waals surface area contributed by atoms with E-state index in [-0.39, 0.29) is 52.0 Å². The molecule has 0 aliphatic heterocycles. The van der Waals surface area contributed by atoms with Crippen molar-refractivity contribution in [2.75, 3.05) is 0 Å². The van der Waals surface area contributed by atoms with Gasteiger partial charge in [-0.05, 0) is 12.8 Å². The first-order valence-corrected chi connectivity index (χ1v) is 10.8. The summed E-state index contributed by atoms with van der Waals surface area (Å²) in [5.41, 5.74) is -1.06. The number of rotatable bonds is 10. The first-order valence-electron chi connectivity index (χ1n) is 10.8. The van der Waals surface area contributed by atoms with Crippen molar-refractivity contribution in [1.82, 2.24) is 0 Å². The molecule has 4 nitrogen and oxygen atoms in total. The SMILES string of the molecule is CCCCC(C)C(=O)C(=O)C(C)(C)C.CCCCC(C)C(=O)C(=O)C(C)(C)C.[Fe]. The van der Waals surface area contributed by atoms with Crippen LogP contribution in [0.25, 0.3) is 0 Å². The molecule has 2 atom stereocenters. The Bertz CT molecular complexity index is 476. The molecule has 0 rings (SSSR count). The van der Waals surface area contributed by atoms with Crippen LogP contribution >= 0.6 is 0 Å². The van der Waals surface area contributed by atoms with E-state index < -0.39 is 10.8 Å². The summed E-state index contributed by atoms with van der Waals surface area (Å²) in [6.45, 7) is 18.6. The van der Waals surface area contributed by atoms with Crippen LogP contribution in [0, 0.1) is 22.7 Å². The third kappa shape index (κ3) is 13.9. The van der Waals surface area contributed by atoms with E-state index in [2.05, 4.69) is 13.8 Å². The molecule has 0 fully saturated rings. The van der Waals surface area contributed by atoms with E-state index >= 15 is 0 Å². The summed E-state index contributed by atoms with van der Waals surface area (Å²) >= 11 is 0. The number of carbonyl (C=O) groups is 4. The fourth-order valence-electron chi connectivity index (χ4n) is 2.47. The van der Waals surface area contributed by atoms with Crippen molar-refractivity contribution < 1.29 is 36.2 Å². The van der Waals surface area contributed by atoms with Gasteiger partial charge in [-0.25, -0.2) is 0 Å². The summed E-state index contributed by atoms with van der Waals surface area (Å²) in [6, 6.07) is 0. The zero-order chi connectivity index (χ0) is 22.7. The molecule has 2 unspecified atom stereocenters. The molecule has 0 radical (unpaired) electrons. The standard InChI is InChI=1S/2C12H22O2.Fe/c2*1-6-7-8-9(2)10(13)11(14)12(3,4)5;/h2*9H,6-8H2,1-5H3;. The molecular formula is C24H44FeO4. The van der Waals surface area contributed by atoms with E-state index in [0.717, 1.165) is 38.5 Å². The minimum atomic E-state index is -0.530. The number of unbranched alkanes of at least 4 members (excludes halogenated alkanes) is 2. The van der Waals surface area contributed by atoms with Gasteiger partial charge in [0.15, 0.2) is 0 Å². The third-order valence-corrected chi connectivity index (χ3v) is 4.69. The molecule has 172 valence electrons. The summed E-state index contributed by atoms with van der Waals surface area (Å²) in [5.74, 6) is -1.09. The maximum absolute atomic E-state index is 11.6. The van der Waals surface area contributed by atoms with Crippen LogP contribution in [0.15, 0.2) is 0 Å². The number of hydrogen-bond donors (Lipinski definition) is 0. The molecule has 29 heavy (non-hydrogen) atoms. The van der Waals surface area contributed by atoms with Gasteiger partial charge >= 0.3 is 0 Å². The quantitative estimate of drug-likeness (QED) is 0.302. The first kappa shape index (κ1) is 32.9. The van der Waals surface area contributed by atoms with E-state index in [4.69, 9.17) is 0 Å². The second-order valence-corrected chi connectivity index (χ2v) is 9.97. The molecule has 0 spiro atoms. The molecule has 0 amide bonds. The van der Waals surface area contributed by atoms with Crippen LogP contribution in [0.2, 0.25) is 0 Å². The van der Waals surface area contributed by atoms with Gasteiger partial charge in [0, 0.05) is 39.7 Å². The molecule has 0 bridgehead atoms. The van der Waals surface area contributed by atoms with Gasteiger partial charge in [-0.15, -0.1) is 0 Å². The smallest absolute Gasteiger partial charge is 0.203 e. The minimum Gasteiger partial charge on any atom is -0.291 e. The molecule has 0 aromatic rings. The fraction of sp³-hybridized carbons (Fsp3) is 0.833.